The van der Waals surface area contributed by atoms with E-state index in [2.05, 4.69) is 44.0 Å². The summed E-state index contributed by atoms with van der Waals surface area (Å²) in [6, 6.07) is 5.78. The third kappa shape index (κ3) is 4.21. The van der Waals surface area contributed by atoms with Gasteiger partial charge in [-0.05, 0) is 53.3 Å². The summed E-state index contributed by atoms with van der Waals surface area (Å²) in [4.78, 5) is 4.26. The monoisotopic (exact) mass is 397 g/mol. The minimum atomic E-state index is 0.272. The van der Waals surface area contributed by atoms with Gasteiger partial charge in [-0.1, -0.05) is 5.92 Å². The fourth-order valence-electron chi connectivity index (χ4n) is 1.40. The fraction of sp³-hybridized carbons (Fsp3) is 0.143. The molecule has 0 spiro atoms. The molecule has 1 N–H and O–H groups in total. The van der Waals surface area contributed by atoms with Crippen LogP contribution in [0.3, 0.4) is 0 Å². The Labute approximate surface area is 135 Å². The lowest BCUT2D eigenvalue weighted by Gasteiger charge is -2.05. The number of halogens is 1. The van der Waals surface area contributed by atoms with Crippen molar-refractivity contribution in [1.82, 2.24) is 4.98 Å². The first-order chi connectivity index (χ1) is 9.69. The molecule has 0 bridgehead atoms. The molecule has 1 aromatic carbocycles. The highest BCUT2D eigenvalue weighted by atomic mass is 127. The van der Waals surface area contributed by atoms with Crippen LogP contribution >= 0.6 is 33.9 Å². The molecule has 0 radical (unpaired) electrons. The molecular weight excluding hydrogens is 385 g/mol. The molecule has 2 aromatic rings. The van der Waals surface area contributed by atoms with E-state index in [-0.39, 0.29) is 6.61 Å². The minimum absolute atomic E-state index is 0.272. The highest BCUT2D eigenvalue weighted by Gasteiger charge is 2.01. The number of benzene rings is 1. The average molecular weight is 397 g/mol. The Morgan fingerprint density at radius 2 is 2.45 bits per heavy atom. The van der Waals surface area contributed by atoms with Gasteiger partial charge in [-0.2, -0.15) is 5.10 Å². The molecule has 4 nitrogen and oxygen atoms in total. The lowest BCUT2D eigenvalue weighted by Crippen LogP contribution is -1.97. The van der Waals surface area contributed by atoms with Crippen LogP contribution in [0, 0.1) is 22.8 Å². The summed E-state index contributed by atoms with van der Waals surface area (Å²) in [5, 5.41) is 6.91. The van der Waals surface area contributed by atoms with Gasteiger partial charge < -0.3 is 4.74 Å². The van der Waals surface area contributed by atoms with Crippen LogP contribution in [0.5, 0.6) is 5.75 Å². The van der Waals surface area contributed by atoms with E-state index in [4.69, 9.17) is 11.2 Å². The number of anilines is 1. The maximum Gasteiger partial charge on any atom is 0.203 e. The zero-order valence-electron chi connectivity index (χ0n) is 10.8. The number of aryl methyl sites for hydroxylation is 1. The van der Waals surface area contributed by atoms with Gasteiger partial charge >= 0.3 is 0 Å². The van der Waals surface area contributed by atoms with Gasteiger partial charge in [0.25, 0.3) is 0 Å². The number of hydrazone groups is 1. The fourth-order valence-corrected chi connectivity index (χ4v) is 2.73. The van der Waals surface area contributed by atoms with Gasteiger partial charge in [-0.15, -0.1) is 17.8 Å². The Kier molecular flexibility index (Phi) is 5.38. The molecule has 102 valence electrons. The Balaban J connectivity index is 1.99. The number of ether oxygens (including phenoxy) is 1. The Morgan fingerprint density at radius 1 is 1.60 bits per heavy atom. The second-order valence-corrected chi connectivity index (χ2v) is 5.87. The molecule has 0 fully saturated rings. The summed E-state index contributed by atoms with van der Waals surface area (Å²) in [6.07, 6.45) is 6.91. The van der Waals surface area contributed by atoms with E-state index >= 15 is 0 Å². The van der Waals surface area contributed by atoms with Crippen molar-refractivity contribution in [3.05, 3.63) is 38.4 Å². The van der Waals surface area contributed by atoms with E-state index < -0.39 is 0 Å². The van der Waals surface area contributed by atoms with E-state index in [1.54, 1.807) is 6.21 Å². The molecule has 0 aliphatic heterocycles. The van der Waals surface area contributed by atoms with Crippen molar-refractivity contribution in [2.75, 3.05) is 12.0 Å². The summed E-state index contributed by atoms with van der Waals surface area (Å²) < 4.78 is 6.40. The standard InChI is InChI=1S/C14H12IN3OS/c1-3-6-19-13-5-4-11(7-12(13)15)8-16-18-14-17-10(2)9-20-14/h1,4-5,7-9H,6H2,2H3,(H,17,18). The molecular formula is C14H12IN3OS. The molecule has 0 aliphatic rings. The summed E-state index contributed by atoms with van der Waals surface area (Å²) in [7, 11) is 0. The molecule has 20 heavy (non-hydrogen) atoms. The first-order valence-corrected chi connectivity index (χ1v) is 7.72. The molecule has 1 aromatic heterocycles. The van der Waals surface area contributed by atoms with Gasteiger partial charge in [0.1, 0.15) is 12.4 Å². The van der Waals surface area contributed by atoms with Crippen molar-refractivity contribution in [3.63, 3.8) is 0 Å². The van der Waals surface area contributed by atoms with Crippen molar-refractivity contribution in [1.29, 1.82) is 0 Å². The van der Waals surface area contributed by atoms with E-state index in [0.717, 1.165) is 25.7 Å². The van der Waals surface area contributed by atoms with Gasteiger partial charge in [0, 0.05) is 5.38 Å². The number of hydrogen-bond acceptors (Lipinski definition) is 5. The van der Waals surface area contributed by atoms with E-state index in [9.17, 15) is 0 Å². The molecule has 0 atom stereocenters. The maximum atomic E-state index is 5.41. The van der Waals surface area contributed by atoms with Crippen LogP contribution in [-0.4, -0.2) is 17.8 Å². The smallest absolute Gasteiger partial charge is 0.203 e. The van der Waals surface area contributed by atoms with Crippen molar-refractivity contribution in [3.8, 4) is 18.1 Å². The van der Waals surface area contributed by atoms with Gasteiger partial charge in [0.05, 0.1) is 15.5 Å². The molecule has 0 amide bonds. The second kappa shape index (κ2) is 7.26. The van der Waals surface area contributed by atoms with Crippen LogP contribution in [-0.2, 0) is 0 Å². The number of hydrogen-bond donors (Lipinski definition) is 1. The van der Waals surface area contributed by atoms with Crippen LogP contribution < -0.4 is 10.2 Å². The van der Waals surface area contributed by atoms with E-state index in [0.29, 0.717) is 0 Å². The molecule has 0 saturated carbocycles. The zero-order valence-corrected chi connectivity index (χ0v) is 13.7. The lowest BCUT2D eigenvalue weighted by molar-refractivity contribution is 0.368. The minimum Gasteiger partial charge on any atom is -0.480 e. The van der Waals surface area contributed by atoms with Crippen LogP contribution in [0.1, 0.15) is 11.3 Å². The molecule has 2 rings (SSSR count). The Morgan fingerprint density at radius 3 is 3.10 bits per heavy atom. The summed E-state index contributed by atoms with van der Waals surface area (Å²) in [5.74, 6) is 3.23. The van der Waals surface area contributed by atoms with Gasteiger partial charge in [-0.3, -0.25) is 5.43 Å². The topological polar surface area (TPSA) is 46.5 Å². The van der Waals surface area contributed by atoms with Crippen molar-refractivity contribution >= 4 is 45.3 Å². The molecule has 0 saturated heterocycles. The summed E-state index contributed by atoms with van der Waals surface area (Å²) in [5.41, 5.74) is 4.86. The first-order valence-electron chi connectivity index (χ1n) is 5.76. The summed E-state index contributed by atoms with van der Waals surface area (Å²) >= 11 is 3.73. The zero-order chi connectivity index (χ0) is 14.4. The molecule has 0 aliphatic carbocycles. The van der Waals surface area contributed by atoms with Gasteiger partial charge in [0.15, 0.2) is 0 Å². The van der Waals surface area contributed by atoms with Crippen molar-refractivity contribution in [2.45, 2.75) is 6.92 Å². The third-order valence-corrected chi connectivity index (χ3v) is 3.97. The Bertz CT molecular complexity index is 661. The second-order valence-electron chi connectivity index (χ2n) is 3.85. The number of aromatic nitrogens is 1. The van der Waals surface area contributed by atoms with Crippen LogP contribution in [0.25, 0.3) is 0 Å². The first kappa shape index (κ1) is 14.8. The SMILES string of the molecule is C#CCOc1ccc(C=NNc2nc(C)cs2)cc1I. The molecule has 0 unspecified atom stereocenters. The largest absolute Gasteiger partial charge is 0.480 e. The van der Waals surface area contributed by atoms with Crippen LogP contribution in [0.4, 0.5) is 5.13 Å². The molecule has 6 heteroatoms. The van der Waals surface area contributed by atoms with E-state index in [1.807, 2.05) is 30.5 Å². The number of rotatable bonds is 5. The van der Waals surface area contributed by atoms with Crippen LogP contribution in [0.15, 0.2) is 28.7 Å². The maximum absolute atomic E-state index is 5.41. The average Bonchev–Trinajstić information content (AvgIpc) is 2.84. The highest BCUT2D eigenvalue weighted by Crippen LogP contribution is 2.21. The lowest BCUT2D eigenvalue weighted by atomic mass is 10.2. The van der Waals surface area contributed by atoms with Crippen molar-refractivity contribution in [2.24, 2.45) is 5.10 Å². The Hall–Kier alpha value is -1.59. The highest BCUT2D eigenvalue weighted by molar-refractivity contribution is 14.1. The quantitative estimate of drug-likeness (QED) is 0.364. The van der Waals surface area contributed by atoms with Gasteiger partial charge in [-0.25, -0.2) is 4.98 Å². The van der Waals surface area contributed by atoms with E-state index in [1.165, 1.54) is 11.3 Å². The predicted molar refractivity (Wildman–Crippen MR) is 91.6 cm³/mol. The third-order valence-electron chi connectivity index (χ3n) is 2.26. The van der Waals surface area contributed by atoms with Crippen molar-refractivity contribution < 1.29 is 4.74 Å². The number of terminal acetylenes is 1. The normalized spacial score (nSPS) is 10.4. The predicted octanol–water partition coefficient (Wildman–Crippen LogP) is 3.51. The number of nitrogens with zero attached hydrogens (tertiary/aromatic N) is 2. The van der Waals surface area contributed by atoms with Crippen LogP contribution in [0.2, 0.25) is 0 Å². The van der Waals surface area contributed by atoms with Gasteiger partial charge in [0.2, 0.25) is 5.13 Å². The molecule has 1 heterocycles. The summed E-state index contributed by atoms with van der Waals surface area (Å²) in [6.45, 7) is 2.22. The number of thiazole rings is 1. The number of nitrogens with one attached hydrogen (secondary N) is 1.